The Labute approximate surface area is 172 Å². The lowest BCUT2D eigenvalue weighted by Gasteiger charge is -2.30. The smallest absolute Gasteiger partial charge is 0.130 e. The number of aliphatic hydroxyl groups is 1. The molecule has 1 aromatic carbocycles. The second kappa shape index (κ2) is 9.35. The largest absolute Gasteiger partial charge is 0.390 e. The Hall–Kier alpha value is -2.48. The van der Waals surface area contributed by atoms with Gasteiger partial charge in [-0.25, -0.2) is 9.97 Å². The van der Waals surface area contributed by atoms with Crippen LogP contribution in [0.4, 0.5) is 5.82 Å². The van der Waals surface area contributed by atoms with Crippen LogP contribution < -0.4 is 16.0 Å². The van der Waals surface area contributed by atoms with Crippen LogP contribution in [-0.4, -0.2) is 64.8 Å². The number of hydrogen-bond acceptors (Lipinski definition) is 7. The average molecular weight is 395 g/mol. The number of benzene rings is 1. The topological polar surface area (TPSA) is 85.3 Å². The van der Waals surface area contributed by atoms with Crippen LogP contribution in [0.25, 0.3) is 5.70 Å². The Morgan fingerprint density at radius 2 is 2.17 bits per heavy atom. The zero-order valence-corrected chi connectivity index (χ0v) is 16.8. The summed E-state index contributed by atoms with van der Waals surface area (Å²) in [4.78, 5) is 10.9. The molecule has 2 aliphatic heterocycles. The number of anilines is 1. The van der Waals surface area contributed by atoms with E-state index in [2.05, 4.69) is 61.7 Å². The van der Waals surface area contributed by atoms with Gasteiger partial charge in [0.2, 0.25) is 0 Å². The van der Waals surface area contributed by atoms with Gasteiger partial charge in [0.25, 0.3) is 0 Å². The van der Waals surface area contributed by atoms with Crippen molar-refractivity contribution < 1.29 is 5.11 Å². The minimum atomic E-state index is -0.471. The van der Waals surface area contributed by atoms with Gasteiger partial charge in [-0.1, -0.05) is 30.8 Å². The normalized spacial score (nSPS) is 20.1. The Morgan fingerprint density at radius 3 is 3.00 bits per heavy atom. The van der Waals surface area contributed by atoms with Crippen molar-refractivity contribution in [2.75, 3.05) is 38.0 Å². The molecule has 154 valence electrons. The van der Waals surface area contributed by atoms with Crippen LogP contribution in [0.3, 0.4) is 0 Å². The number of fused-ring (bicyclic) bond motifs is 1. The molecule has 4 rings (SSSR count). The van der Waals surface area contributed by atoms with Crippen molar-refractivity contribution in [3.63, 3.8) is 0 Å². The summed E-state index contributed by atoms with van der Waals surface area (Å²) in [5, 5.41) is 20.5. The molecule has 0 radical (unpaired) electrons. The van der Waals surface area contributed by atoms with Gasteiger partial charge in [0.1, 0.15) is 12.1 Å². The molecule has 2 aromatic rings. The van der Waals surface area contributed by atoms with Crippen molar-refractivity contribution in [3.8, 4) is 0 Å². The van der Waals surface area contributed by atoms with E-state index in [1.807, 2.05) is 6.07 Å². The Bertz CT molecular complexity index is 836. The van der Waals surface area contributed by atoms with Gasteiger partial charge in [-0.3, -0.25) is 4.90 Å². The molecular weight excluding hydrogens is 364 g/mol. The highest BCUT2D eigenvalue weighted by atomic mass is 16.3. The Kier molecular flexibility index (Phi) is 6.39. The van der Waals surface area contributed by atoms with Crippen LogP contribution in [-0.2, 0) is 13.0 Å². The Morgan fingerprint density at radius 1 is 1.31 bits per heavy atom. The zero-order chi connectivity index (χ0) is 20.1. The van der Waals surface area contributed by atoms with Crippen LogP contribution in [0.5, 0.6) is 0 Å². The first-order valence-corrected chi connectivity index (χ1v) is 10.4. The molecule has 4 N–H and O–H groups in total. The van der Waals surface area contributed by atoms with Gasteiger partial charge in [-0.2, -0.15) is 0 Å². The molecule has 0 saturated carbocycles. The standard InChI is InChI=1S/C22H30N6O/c1-16(21-10-22(26-15-25-21)27-19-6-8-23-11-19)24-12-20(29)14-28-9-7-17-4-2-3-5-18(17)13-28/h2-5,10,15,19-20,23-24,29H,1,6-9,11-14H2,(H,25,26,27)/t19?,20-/m0/s1. The van der Waals surface area contributed by atoms with E-state index in [-0.39, 0.29) is 0 Å². The lowest BCUT2D eigenvalue weighted by Crippen LogP contribution is -2.40. The zero-order valence-electron chi connectivity index (χ0n) is 16.8. The van der Waals surface area contributed by atoms with E-state index in [0.29, 0.717) is 24.8 Å². The van der Waals surface area contributed by atoms with Crippen molar-refractivity contribution in [1.82, 2.24) is 25.5 Å². The molecule has 1 fully saturated rings. The number of β-amino-alcohol motifs (C(OH)–C–C–N with tert-alkyl or cyclic N) is 1. The quantitative estimate of drug-likeness (QED) is 0.536. The number of rotatable bonds is 8. The van der Waals surface area contributed by atoms with E-state index in [4.69, 9.17) is 0 Å². The molecule has 0 spiro atoms. The maximum absolute atomic E-state index is 10.5. The fourth-order valence-electron chi connectivity index (χ4n) is 3.99. The highest BCUT2D eigenvalue weighted by Crippen LogP contribution is 2.18. The highest BCUT2D eigenvalue weighted by Gasteiger charge is 2.19. The summed E-state index contributed by atoms with van der Waals surface area (Å²) in [6, 6.07) is 10.9. The van der Waals surface area contributed by atoms with Gasteiger partial charge in [0, 0.05) is 44.8 Å². The first-order valence-electron chi connectivity index (χ1n) is 10.4. The summed E-state index contributed by atoms with van der Waals surface area (Å²) >= 11 is 0. The van der Waals surface area contributed by atoms with Gasteiger partial charge < -0.3 is 21.1 Å². The predicted octanol–water partition coefficient (Wildman–Crippen LogP) is 1.23. The molecule has 7 heteroatoms. The van der Waals surface area contributed by atoms with Crippen molar-refractivity contribution in [2.24, 2.45) is 0 Å². The molecule has 0 bridgehead atoms. The molecule has 2 atom stereocenters. The van der Waals surface area contributed by atoms with Crippen LogP contribution in [0.1, 0.15) is 23.2 Å². The third kappa shape index (κ3) is 5.32. The molecular formula is C22H30N6O. The maximum Gasteiger partial charge on any atom is 0.130 e. The summed E-state index contributed by atoms with van der Waals surface area (Å²) in [6.45, 7) is 9.01. The number of aromatic nitrogens is 2. The number of nitrogens with zero attached hydrogens (tertiary/aromatic N) is 3. The van der Waals surface area contributed by atoms with Crippen LogP contribution in [0, 0.1) is 0 Å². The summed E-state index contributed by atoms with van der Waals surface area (Å²) in [6.07, 6.45) is 3.21. The lowest BCUT2D eigenvalue weighted by atomic mass is 10.00. The molecule has 29 heavy (non-hydrogen) atoms. The highest BCUT2D eigenvalue weighted by molar-refractivity contribution is 5.60. The van der Waals surface area contributed by atoms with Crippen molar-refractivity contribution in [2.45, 2.75) is 31.5 Å². The molecule has 0 amide bonds. The second-order valence-corrected chi connectivity index (χ2v) is 7.89. The SMILES string of the molecule is C=C(NC[C@H](O)CN1CCc2ccccc2C1)c1cc(NC2CCNC2)ncn1. The second-order valence-electron chi connectivity index (χ2n) is 7.89. The minimum Gasteiger partial charge on any atom is -0.390 e. The van der Waals surface area contributed by atoms with E-state index >= 15 is 0 Å². The van der Waals surface area contributed by atoms with Gasteiger partial charge in [-0.15, -0.1) is 0 Å². The minimum absolute atomic E-state index is 0.399. The van der Waals surface area contributed by atoms with Crippen molar-refractivity contribution in [3.05, 3.63) is 60.1 Å². The third-order valence-corrected chi connectivity index (χ3v) is 5.62. The predicted molar refractivity (Wildman–Crippen MR) is 115 cm³/mol. The number of aliphatic hydroxyl groups excluding tert-OH is 1. The van der Waals surface area contributed by atoms with Crippen molar-refractivity contribution in [1.29, 1.82) is 0 Å². The number of hydrogen-bond donors (Lipinski definition) is 4. The average Bonchev–Trinajstić information content (AvgIpc) is 3.25. The molecule has 1 aromatic heterocycles. The van der Waals surface area contributed by atoms with E-state index in [9.17, 15) is 5.11 Å². The maximum atomic E-state index is 10.5. The van der Waals surface area contributed by atoms with Crippen molar-refractivity contribution >= 4 is 11.5 Å². The first-order chi connectivity index (χ1) is 14.2. The summed E-state index contributed by atoms with van der Waals surface area (Å²) in [5.74, 6) is 0.805. The fraction of sp³-hybridized carbons (Fsp3) is 0.455. The number of nitrogens with one attached hydrogen (secondary N) is 3. The fourth-order valence-corrected chi connectivity index (χ4v) is 3.99. The van der Waals surface area contributed by atoms with Crippen LogP contribution in [0.2, 0.25) is 0 Å². The molecule has 1 unspecified atom stereocenters. The first kappa shape index (κ1) is 19.8. The van der Waals surface area contributed by atoms with E-state index in [0.717, 1.165) is 50.5 Å². The monoisotopic (exact) mass is 394 g/mol. The third-order valence-electron chi connectivity index (χ3n) is 5.62. The summed E-state index contributed by atoms with van der Waals surface area (Å²) in [5.41, 5.74) is 4.23. The van der Waals surface area contributed by atoms with Crippen LogP contribution in [0.15, 0.2) is 43.2 Å². The van der Waals surface area contributed by atoms with E-state index < -0.39 is 6.10 Å². The Balaban J connectivity index is 1.25. The van der Waals surface area contributed by atoms with Crippen LogP contribution >= 0.6 is 0 Å². The molecule has 1 saturated heterocycles. The summed E-state index contributed by atoms with van der Waals surface area (Å²) < 4.78 is 0. The van der Waals surface area contributed by atoms with Gasteiger partial charge in [-0.05, 0) is 30.5 Å². The van der Waals surface area contributed by atoms with Gasteiger partial charge in [0.15, 0.2) is 0 Å². The van der Waals surface area contributed by atoms with E-state index in [1.165, 1.54) is 11.1 Å². The molecule has 3 heterocycles. The van der Waals surface area contributed by atoms with Gasteiger partial charge >= 0.3 is 0 Å². The molecule has 7 nitrogen and oxygen atoms in total. The summed E-state index contributed by atoms with van der Waals surface area (Å²) in [7, 11) is 0. The van der Waals surface area contributed by atoms with E-state index in [1.54, 1.807) is 6.33 Å². The molecule has 2 aliphatic rings. The lowest BCUT2D eigenvalue weighted by molar-refractivity contribution is 0.107. The van der Waals surface area contributed by atoms with Gasteiger partial charge in [0.05, 0.1) is 17.5 Å². The molecule has 0 aliphatic carbocycles.